The van der Waals surface area contributed by atoms with Gasteiger partial charge in [0.05, 0.1) is 11.4 Å². The first kappa shape index (κ1) is 13.6. The number of anilines is 2. The second-order valence-electron chi connectivity index (χ2n) is 5.59. The van der Waals surface area contributed by atoms with Crippen molar-refractivity contribution in [2.75, 3.05) is 24.3 Å². The molecule has 0 spiro atoms. The van der Waals surface area contributed by atoms with E-state index in [1.54, 1.807) is 0 Å². The van der Waals surface area contributed by atoms with Gasteiger partial charge in [0, 0.05) is 37.8 Å². The lowest BCUT2D eigenvalue weighted by atomic mass is 9.89. The number of carbonyl (C=O) groups is 1. The highest BCUT2D eigenvalue weighted by molar-refractivity contribution is 5.93. The zero-order valence-electron chi connectivity index (χ0n) is 12.3. The van der Waals surface area contributed by atoms with Crippen molar-refractivity contribution >= 4 is 17.3 Å². The number of rotatable bonds is 3. The van der Waals surface area contributed by atoms with Gasteiger partial charge in [-0.25, -0.2) is 0 Å². The minimum absolute atomic E-state index is 0.0365. The predicted molar refractivity (Wildman–Crippen MR) is 81.3 cm³/mol. The second-order valence-corrected chi connectivity index (χ2v) is 5.59. The zero-order chi connectivity index (χ0) is 14.8. The molecule has 21 heavy (non-hydrogen) atoms. The van der Waals surface area contributed by atoms with Gasteiger partial charge in [-0.1, -0.05) is 6.07 Å². The van der Waals surface area contributed by atoms with Crippen LogP contribution in [0, 0.1) is 5.92 Å². The van der Waals surface area contributed by atoms with Gasteiger partial charge in [0.2, 0.25) is 5.91 Å². The molecule has 1 unspecified atom stereocenters. The quantitative estimate of drug-likeness (QED) is 0.898. The van der Waals surface area contributed by atoms with Crippen LogP contribution in [0.15, 0.2) is 24.3 Å². The molecule has 0 radical (unpaired) electrons. The Bertz CT molecular complexity index is 649. The first-order valence-electron chi connectivity index (χ1n) is 7.10. The number of hydrogen-bond donors (Lipinski definition) is 2. The first-order valence-corrected chi connectivity index (χ1v) is 7.10. The summed E-state index contributed by atoms with van der Waals surface area (Å²) in [7, 11) is 3.96. The summed E-state index contributed by atoms with van der Waals surface area (Å²) in [6, 6.07) is 7.84. The van der Waals surface area contributed by atoms with E-state index in [9.17, 15) is 4.79 Å². The van der Waals surface area contributed by atoms with Crippen LogP contribution in [0.2, 0.25) is 0 Å². The molecule has 1 aliphatic rings. The molecule has 2 aromatic rings. The highest BCUT2D eigenvalue weighted by Gasteiger charge is 2.27. The molecule has 6 heteroatoms. The second kappa shape index (κ2) is 5.55. The van der Waals surface area contributed by atoms with E-state index in [-0.39, 0.29) is 11.8 Å². The summed E-state index contributed by atoms with van der Waals surface area (Å²) in [6.07, 6.45) is 2.28. The van der Waals surface area contributed by atoms with E-state index in [4.69, 9.17) is 0 Å². The molecular formula is C15H19N5O. The molecule has 0 bridgehead atoms. The molecule has 1 aliphatic carbocycles. The number of aromatic nitrogens is 3. The summed E-state index contributed by atoms with van der Waals surface area (Å²) in [4.78, 5) is 14.4. The Balaban J connectivity index is 1.68. The lowest BCUT2D eigenvalue weighted by Crippen LogP contribution is -2.28. The summed E-state index contributed by atoms with van der Waals surface area (Å²) in [5.74, 6) is 0.0187. The van der Waals surface area contributed by atoms with E-state index < -0.39 is 0 Å². The molecule has 6 nitrogen and oxygen atoms in total. The Labute approximate surface area is 123 Å². The maximum absolute atomic E-state index is 12.4. The Morgan fingerprint density at radius 2 is 2.14 bits per heavy atom. The van der Waals surface area contributed by atoms with Gasteiger partial charge in [-0.15, -0.1) is 0 Å². The molecule has 0 saturated carbocycles. The van der Waals surface area contributed by atoms with Gasteiger partial charge in [0.15, 0.2) is 0 Å². The van der Waals surface area contributed by atoms with E-state index >= 15 is 0 Å². The fourth-order valence-electron chi connectivity index (χ4n) is 2.61. The Kier molecular flexibility index (Phi) is 3.60. The van der Waals surface area contributed by atoms with Crippen molar-refractivity contribution in [3.63, 3.8) is 0 Å². The maximum atomic E-state index is 12.4. The molecule has 1 aromatic heterocycles. The van der Waals surface area contributed by atoms with Crippen LogP contribution in [0.4, 0.5) is 11.4 Å². The molecule has 1 atom stereocenters. The molecular weight excluding hydrogens is 266 g/mol. The topological polar surface area (TPSA) is 73.9 Å². The first-order chi connectivity index (χ1) is 10.1. The Morgan fingerprint density at radius 3 is 2.95 bits per heavy atom. The Hall–Kier alpha value is -2.37. The number of amides is 1. The molecule has 2 N–H and O–H groups in total. The number of fused-ring (bicyclic) bond motifs is 1. The zero-order valence-corrected chi connectivity index (χ0v) is 12.3. The summed E-state index contributed by atoms with van der Waals surface area (Å²) in [5, 5.41) is 13.8. The van der Waals surface area contributed by atoms with Gasteiger partial charge in [-0.3, -0.25) is 4.79 Å². The fraction of sp³-hybridized carbons (Fsp3) is 0.400. The minimum Gasteiger partial charge on any atom is -0.378 e. The lowest BCUT2D eigenvalue weighted by Gasteiger charge is -2.20. The molecule has 1 heterocycles. The third-order valence-corrected chi connectivity index (χ3v) is 3.87. The van der Waals surface area contributed by atoms with Crippen LogP contribution in [0.5, 0.6) is 0 Å². The number of H-pyrrole nitrogens is 1. The van der Waals surface area contributed by atoms with Crippen LogP contribution in [-0.2, 0) is 17.6 Å². The van der Waals surface area contributed by atoms with Crippen LogP contribution in [0.25, 0.3) is 0 Å². The molecule has 1 aromatic carbocycles. The molecule has 3 rings (SSSR count). The van der Waals surface area contributed by atoms with Crippen molar-refractivity contribution in [1.82, 2.24) is 15.4 Å². The number of benzene rings is 1. The molecule has 0 fully saturated rings. The highest BCUT2D eigenvalue weighted by Crippen LogP contribution is 2.24. The van der Waals surface area contributed by atoms with Gasteiger partial charge in [-0.05, 0) is 31.0 Å². The maximum Gasteiger partial charge on any atom is 0.227 e. The third kappa shape index (κ3) is 2.89. The normalized spacial score (nSPS) is 17.1. The number of nitrogens with zero attached hydrogens (tertiary/aromatic N) is 3. The largest absolute Gasteiger partial charge is 0.378 e. The van der Waals surface area contributed by atoms with E-state index in [2.05, 4.69) is 20.7 Å². The number of hydrogen-bond acceptors (Lipinski definition) is 4. The predicted octanol–water partition coefficient (Wildman–Crippen LogP) is 1.61. The van der Waals surface area contributed by atoms with Gasteiger partial charge in [-0.2, -0.15) is 15.4 Å². The van der Waals surface area contributed by atoms with E-state index in [1.165, 1.54) is 0 Å². The summed E-state index contributed by atoms with van der Waals surface area (Å²) in [5.41, 5.74) is 3.81. The lowest BCUT2D eigenvalue weighted by molar-refractivity contribution is -0.120. The van der Waals surface area contributed by atoms with Crippen molar-refractivity contribution in [2.24, 2.45) is 5.92 Å². The van der Waals surface area contributed by atoms with Gasteiger partial charge in [0.25, 0.3) is 0 Å². The van der Waals surface area contributed by atoms with Crippen molar-refractivity contribution in [2.45, 2.75) is 19.3 Å². The Morgan fingerprint density at radius 1 is 1.33 bits per heavy atom. The van der Waals surface area contributed by atoms with E-state index in [0.29, 0.717) is 6.42 Å². The van der Waals surface area contributed by atoms with Gasteiger partial charge in [0.1, 0.15) is 0 Å². The van der Waals surface area contributed by atoms with Crippen LogP contribution in [-0.4, -0.2) is 35.4 Å². The summed E-state index contributed by atoms with van der Waals surface area (Å²) >= 11 is 0. The summed E-state index contributed by atoms with van der Waals surface area (Å²) < 4.78 is 0. The van der Waals surface area contributed by atoms with Crippen molar-refractivity contribution < 1.29 is 4.79 Å². The van der Waals surface area contributed by atoms with Crippen molar-refractivity contribution in [1.29, 1.82) is 0 Å². The van der Waals surface area contributed by atoms with Gasteiger partial charge < -0.3 is 10.2 Å². The standard InChI is InChI=1S/C15H19N5O/c1-20(2)12-5-3-4-11(9-12)16-15(21)10-6-7-13-14(8-10)18-19-17-13/h3-5,9-10H,6-8H2,1-2H3,(H,16,21)(H,17,18,19). The smallest absolute Gasteiger partial charge is 0.227 e. The summed E-state index contributed by atoms with van der Waals surface area (Å²) in [6.45, 7) is 0. The molecule has 110 valence electrons. The van der Waals surface area contributed by atoms with Gasteiger partial charge >= 0.3 is 0 Å². The molecule has 0 saturated heterocycles. The van der Waals surface area contributed by atoms with Crippen molar-refractivity contribution in [3.8, 4) is 0 Å². The number of aromatic amines is 1. The number of aryl methyl sites for hydroxylation is 1. The fourth-order valence-corrected chi connectivity index (χ4v) is 2.61. The average Bonchev–Trinajstić information content (AvgIpc) is 2.94. The van der Waals surface area contributed by atoms with E-state index in [1.807, 2.05) is 43.3 Å². The minimum atomic E-state index is -0.0365. The highest BCUT2D eigenvalue weighted by atomic mass is 16.1. The van der Waals surface area contributed by atoms with E-state index in [0.717, 1.165) is 35.6 Å². The van der Waals surface area contributed by atoms with Crippen LogP contribution < -0.4 is 10.2 Å². The van der Waals surface area contributed by atoms with Crippen LogP contribution in [0.3, 0.4) is 0 Å². The van der Waals surface area contributed by atoms with Crippen molar-refractivity contribution in [3.05, 3.63) is 35.7 Å². The molecule has 0 aliphatic heterocycles. The monoisotopic (exact) mass is 285 g/mol. The molecule has 1 amide bonds. The average molecular weight is 285 g/mol. The van der Waals surface area contributed by atoms with Crippen LogP contribution >= 0.6 is 0 Å². The number of nitrogens with one attached hydrogen (secondary N) is 2. The number of carbonyl (C=O) groups excluding carboxylic acids is 1. The third-order valence-electron chi connectivity index (χ3n) is 3.87. The van der Waals surface area contributed by atoms with Crippen LogP contribution in [0.1, 0.15) is 17.8 Å². The SMILES string of the molecule is CN(C)c1cccc(NC(=O)C2CCc3n[nH]nc3C2)c1.